The van der Waals surface area contributed by atoms with E-state index >= 15 is 0 Å². The summed E-state index contributed by atoms with van der Waals surface area (Å²) >= 11 is 0. The van der Waals surface area contributed by atoms with Crippen molar-refractivity contribution in [3.63, 3.8) is 0 Å². The first-order chi connectivity index (χ1) is 9.18. The van der Waals surface area contributed by atoms with E-state index in [4.69, 9.17) is 0 Å². The SMILES string of the molecule is C[C@@H]1CNCCN1C(=O)CNC(=O)c1ccccc1. The summed E-state index contributed by atoms with van der Waals surface area (Å²) in [6.07, 6.45) is 0. The molecule has 2 N–H and O–H groups in total. The third-order valence-electron chi connectivity index (χ3n) is 3.26. The molecule has 5 nitrogen and oxygen atoms in total. The zero-order chi connectivity index (χ0) is 13.7. The molecule has 1 saturated heterocycles. The number of hydrogen-bond acceptors (Lipinski definition) is 3. The second-order valence-electron chi connectivity index (χ2n) is 4.69. The smallest absolute Gasteiger partial charge is 0.251 e. The van der Waals surface area contributed by atoms with Crippen molar-refractivity contribution in [1.82, 2.24) is 15.5 Å². The maximum Gasteiger partial charge on any atom is 0.251 e. The van der Waals surface area contributed by atoms with Gasteiger partial charge in [0.2, 0.25) is 5.91 Å². The zero-order valence-electron chi connectivity index (χ0n) is 11.1. The molecule has 1 heterocycles. The van der Waals surface area contributed by atoms with Gasteiger partial charge in [-0.05, 0) is 19.1 Å². The van der Waals surface area contributed by atoms with E-state index in [1.807, 2.05) is 17.9 Å². The number of carbonyl (C=O) groups excluding carboxylic acids is 2. The highest BCUT2D eigenvalue weighted by atomic mass is 16.2. The van der Waals surface area contributed by atoms with E-state index in [9.17, 15) is 9.59 Å². The van der Waals surface area contributed by atoms with Crippen LogP contribution in [-0.4, -0.2) is 48.9 Å². The van der Waals surface area contributed by atoms with Gasteiger partial charge in [0.25, 0.3) is 5.91 Å². The molecule has 1 aliphatic rings. The van der Waals surface area contributed by atoms with Crippen molar-refractivity contribution in [2.45, 2.75) is 13.0 Å². The van der Waals surface area contributed by atoms with Gasteiger partial charge >= 0.3 is 0 Å². The third-order valence-corrected chi connectivity index (χ3v) is 3.26. The van der Waals surface area contributed by atoms with Gasteiger partial charge in [0, 0.05) is 31.2 Å². The van der Waals surface area contributed by atoms with Gasteiger partial charge in [0.15, 0.2) is 0 Å². The number of carbonyl (C=O) groups is 2. The Bertz CT molecular complexity index is 447. The van der Waals surface area contributed by atoms with Gasteiger partial charge in [-0.1, -0.05) is 18.2 Å². The fourth-order valence-electron chi connectivity index (χ4n) is 2.16. The van der Waals surface area contributed by atoms with Crippen molar-refractivity contribution < 1.29 is 9.59 Å². The number of amides is 2. The summed E-state index contributed by atoms with van der Waals surface area (Å²) < 4.78 is 0. The Kier molecular flexibility index (Phi) is 4.52. The van der Waals surface area contributed by atoms with Crippen LogP contribution in [0.1, 0.15) is 17.3 Å². The standard InChI is InChI=1S/C14H19N3O2/c1-11-9-15-7-8-17(11)13(18)10-16-14(19)12-5-3-2-4-6-12/h2-6,11,15H,7-10H2,1H3,(H,16,19)/t11-/m1/s1. The lowest BCUT2D eigenvalue weighted by molar-refractivity contribution is -0.132. The van der Waals surface area contributed by atoms with Gasteiger partial charge in [-0.15, -0.1) is 0 Å². The van der Waals surface area contributed by atoms with Gasteiger partial charge in [-0.3, -0.25) is 9.59 Å². The Morgan fingerprint density at radius 1 is 1.37 bits per heavy atom. The Morgan fingerprint density at radius 2 is 2.11 bits per heavy atom. The first-order valence-corrected chi connectivity index (χ1v) is 6.52. The minimum absolute atomic E-state index is 0.0294. The zero-order valence-corrected chi connectivity index (χ0v) is 11.1. The summed E-state index contributed by atoms with van der Waals surface area (Å²) in [6.45, 7) is 4.36. The van der Waals surface area contributed by atoms with Crippen molar-refractivity contribution in [2.24, 2.45) is 0 Å². The minimum atomic E-state index is -0.211. The van der Waals surface area contributed by atoms with Gasteiger partial charge in [0.05, 0.1) is 6.54 Å². The first kappa shape index (κ1) is 13.5. The van der Waals surface area contributed by atoms with Crippen LogP contribution in [0, 0.1) is 0 Å². The predicted molar refractivity (Wildman–Crippen MR) is 72.8 cm³/mol. The molecule has 1 fully saturated rings. The summed E-state index contributed by atoms with van der Waals surface area (Å²) in [5.41, 5.74) is 0.573. The molecule has 0 aromatic heterocycles. The molecule has 0 radical (unpaired) electrons. The van der Waals surface area contributed by atoms with Crippen LogP contribution in [-0.2, 0) is 4.79 Å². The molecule has 0 saturated carbocycles. The van der Waals surface area contributed by atoms with Gasteiger partial charge in [-0.25, -0.2) is 0 Å². The van der Waals surface area contributed by atoms with E-state index in [2.05, 4.69) is 10.6 Å². The number of benzene rings is 1. The van der Waals surface area contributed by atoms with Gasteiger partial charge in [0.1, 0.15) is 0 Å². The predicted octanol–water partition coefficient (Wildman–Crippen LogP) is 0.237. The molecule has 19 heavy (non-hydrogen) atoms. The van der Waals surface area contributed by atoms with Crippen LogP contribution in [0.25, 0.3) is 0 Å². The van der Waals surface area contributed by atoms with Crippen molar-refractivity contribution in [3.8, 4) is 0 Å². The van der Waals surface area contributed by atoms with Crippen LogP contribution in [0.15, 0.2) is 30.3 Å². The molecule has 1 atom stereocenters. The lowest BCUT2D eigenvalue weighted by atomic mass is 10.2. The molecule has 102 valence electrons. The molecule has 2 amide bonds. The topological polar surface area (TPSA) is 61.4 Å². The van der Waals surface area contributed by atoms with Crippen LogP contribution >= 0.6 is 0 Å². The summed E-state index contributed by atoms with van der Waals surface area (Å²) in [5.74, 6) is -0.241. The maximum absolute atomic E-state index is 12.0. The third kappa shape index (κ3) is 3.54. The Morgan fingerprint density at radius 3 is 2.79 bits per heavy atom. The van der Waals surface area contributed by atoms with Crippen LogP contribution in [0.4, 0.5) is 0 Å². The summed E-state index contributed by atoms with van der Waals surface area (Å²) in [4.78, 5) is 25.7. The average molecular weight is 261 g/mol. The molecular formula is C14H19N3O2. The number of piperazine rings is 1. The number of rotatable bonds is 3. The van der Waals surface area contributed by atoms with E-state index in [-0.39, 0.29) is 24.4 Å². The molecule has 5 heteroatoms. The van der Waals surface area contributed by atoms with Crippen LogP contribution < -0.4 is 10.6 Å². The molecule has 0 spiro atoms. The van der Waals surface area contributed by atoms with Crippen molar-refractivity contribution >= 4 is 11.8 Å². The summed E-state index contributed by atoms with van der Waals surface area (Å²) in [7, 11) is 0. The first-order valence-electron chi connectivity index (χ1n) is 6.52. The second kappa shape index (κ2) is 6.33. The van der Waals surface area contributed by atoms with Crippen LogP contribution in [0.5, 0.6) is 0 Å². The van der Waals surface area contributed by atoms with Crippen LogP contribution in [0.2, 0.25) is 0 Å². The second-order valence-corrected chi connectivity index (χ2v) is 4.69. The normalized spacial score (nSPS) is 19.0. The van der Waals surface area contributed by atoms with E-state index in [0.29, 0.717) is 12.1 Å². The molecule has 0 bridgehead atoms. The van der Waals surface area contributed by atoms with Crippen molar-refractivity contribution in [2.75, 3.05) is 26.2 Å². The number of nitrogens with zero attached hydrogens (tertiary/aromatic N) is 1. The minimum Gasteiger partial charge on any atom is -0.343 e. The Labute approximate surface area is 113 Å². The van der Waals surface area contributed by atoms with Gasteiger partial charge in [-0.2, -0.15) is 0 Å². The lowest BCUT2D eigenvalue weighted by Crippen LogP contribution is -2.54. The van der Waals surface area contributed by atoms with Crippen molar-refractivity contribution in [3.05, 3.63) is 35.9 Å². The fraction of sp³-hybridized carbons (Fsp3) is 0.429. The fourth-order valence-corrected chi connectivity index (χ4v) is 2.16. The van der Waals surface area contributed by atoms with E-state index in [1.54, 1.807) is 24.3 Å². The lowest BCUT2D eigenvalue weighted by Gasteiger charge is -2.34. The quantitative estimate of drug-likeness (QED) is 0.819. The highest BCUT2D eigenvalue weighted by Gasteiger charge is 2.22. The molecule has 0 aliphatic carbocycles. The molecule has 1 aliphatic heterocycles. The molecule has 1 aromatic rings. The molecule has 1 aromatic carbocycles. The number of nitrogens with one attached hydrogen (secondary N) is 2. The molecule has 2 rings (SSSR count). The highest BCUT2D eigenvalue weighted by Crippen LogP contribution is 2.03. The molecule has 0 unspecified atom stereocenters. The van der Waals surface area contributed by atoms with Crippen molar-refractivity contribution in [1.29, 1.82) is 0 Å². The average Bonchev–Trinajstić information content (AvgIpc) is 2.46. The monoisotopic (exact) mass is 261 g/mol. The van der Waals surface area contributed by atoms with E-state index in [0.717, 1.165) is 13.1 Å². The van der Waals surface area contributed by atoms with E-state index < -0.39 is 0 Å². The van der Waals surface area contributed by atoms with Gasteiger partial charge < -0.3 is 15.5 Å². The highest BCUT2D eigenvalue weighted by molar-refractivity contribution is 5.96. The molecular weight excluding hydrogens is 242 g/mol. The summed E-state index contributed by atoms with van der Waals surface area (Å²) in [6, 6.07) is 9.09. The summed E-state index contributed by atoms with van der Waals surface area (Å²) in [5, 5.41) is 5.89. The largest absolute Gasteiger partial charge is 0.343 e. The Balaban J connectivity index is 1.85. The maximum atomic E-state index is 12.0. The van der Waals surface area contributed by atoms with E-state index in [1.165, 1.54) is 0 Å². The number of hydrogen-bond donors (Lipinski definition) is 2. The Hall–Kier alpha value is -1.88. The van der Waals surface area contributed by atoms with Crippen LogP contribution in [0.3, 0.4) is 0 Å².